The molecule has 1 heterocycles. The van der Waals surface area contributed by atoms with Crippen LogP contribution >= 0.6 is 11.6 Å². The van der Waals surface area contributed by atoms with Crippen molar-refractivity contribution < 1.29 is 14.3 Å². The molecule has 0 fully saturated rings. The van der Waals surface area contributed by atoms with Gasteiger partial charge in [0.25, 0.3) is 5.91 Å². The molecule has 0 aliphatic rings. The van der Waals surface area contributed by atoms with Gasteiger partial charge in [0.15, 0.2) is 0 Å². The minimum absolute atomic E-state index is 0.137. The number of halogens is 1. The molecule has 3 rings (SSSR count). The summed E-state index contributed by atoms with van der Waals surface area (Å²) in [5.41, 5.74) is 1.47. The zero-order valence-corrected chi connectivity index (χ0v) is 15.7. The lowest BCUT2D eigenvalue weighted by Crippen LogP contribution is -2.17. The molecular weight excluding hydrogens is 380 g/mol. The molecule has 2 N–H and O–H groups in total. The average Bonchev–Trinajstić information content (AvgIpc) is 2.69. The molecule has 142 valence electrons. The van der Waals surface area contributed by atoms with E-state index < -0.39 is 11.9 Å². The van der Waals surface area contributed by atoms with Gasteiger partial charge in [-0.05, 0) is 37.3 Å². The lowest BCUT2D eigenvalue weighted by atomic mass is 10.1. The van der Waals surface area contributed by atoms with Crippen LogP contribution in [0.3, 0.4) is 0 Å². The molecule has 0 radical (unpaired) electrons. The number of ether oxygens (including phenoxy) is 1. The van der Waals surface area contributed by atoms with Crippen molar-refractivity contribution in [3.05, 3.63) is 77.2 Å². The Morgan fingerprint density at radius 2 is 1.89 bits per heavy atom. The van der Waals surface area contributed by atoms with E-state index in [0.29, 0.717) is 16.5 Å². The second-order valence-electron chi connectivity index (χ2n) is 5.64. The Hall–Kier alpha value is -3.45. The van der Waals surface area contributed by atoms with Crippen LogP contribution < -0.4 is 10.6 Å². The molecule has 2 aromatic carbocycles. The highest BCUT2D eigenvalue weighted by Gasteiger charge is 2.16. The first kappa shape index (κ1) is 19.3. The Morgan fingerprint density at radius 3 is 2.68 bits per heavy atom. The fourth-order valence-corrected chi connectivity index (χ4v) is 2.62. The third-order valence-electron chi connectivity index (χ3n) is 3.67. The summed E-state index contributed by atoms with van der Waals surface area (Å²) in [7, 11) is 0. The number of benzene rings is 2. The van der Waals surface area contributed by atoms with Crippen LogP contribution in [0.5, 0.6) is 0 Å². The molecule has 0 aliphatic carbocycles. The third kappa shape index (κ3) is 4.83. The maximum absolute atomic E-state index is 12.6. The van der Waals surface area contributed by atoms with Gasteiger partial charge in [-0.25, -0.2) is 14.8 Å². The number of anilines is 3. The van der Waals surface area contributed by atoms with E-state index in [0.717, 1.165) is 5.69 Å². The summed E-state index contributed by atoms with van der Waals surface area (Å²) in [6, 6.07) is 15.2. The molecule has 0 spiro atoms. The minimum Gasteiger partial charge on any atom is -0.462 e. The number of carbonyl (C=O) groups excluding carboxylic acids is 2. The Bertz CT molecular complexity index is 1010. The molecule has 0 bridgehead atoms. The Morgan fingerprint density at radius 1 is 1.07 bits per heavy atom. The Balaban J connectivity index is 1.78. The molecule has 0 aliphatic heterocycles. The normalized spacial score (nSPS) is 10.2. The molecule has 0 saturated heterocycles. The number of hydrogen-bond donors (Lipinski definition) is 2. The summed E-state index contributed by atoms with van der Waals surface area (Å²) in [5, 5.41) is 6.32. The lowest BCUT2D eigenvalue weighted by Gasteiger charge is -2.11. The first-order chi connectivity index (χ1) is 13.6. The van der Waals surface area contributed by atoms with Crippen molar-refractivity contribution in [2.45, 2.75) is 6.92 Å². The Labute approximate surface area is 166 Å². The van der Waals surface area contributed by atoms with Crippen LogP contribution in [0.25, 0.3) is 0 Å². The van der Waals surface area contributed by atoms with Crippen LogP contribution in [0.15, 0.2) is 60.9 Å². The summed E-state index contributed by atoms with van der Waals surface area (Å²) in [4.78, 5) is 32.8. The van der Waals surface area contributed by atoms with E-state index in [1.165, 1.54) is 12.4 Å². The van der Waals surface area contributed by atoms with Gasteiger partial charge in [-0.3, -0.25) is 4.79 Å². The summed E-state index contributed by atoms with van der Waals surface area (Å²) < 4.78 is 5.01. The second-order valence-corrected chi connectivity index (χ2v) is 6.08. The Kier molecular flexibility index (Phi) is 6.18. The van der Waals surface area contributed by atoms with Gasteiger partial charge >= 0.3 is 5.97 Å². The number of nitrogens with zero attached hydrogens (tertiary/aromatic N) is 2. The topological polar surface area (TPSA) is 93.2 Å². The second kappa shape index (κ2) is 8.96. The number of amides is 1. The van der Waals surface area contributed by atoms with Crippen LogP contribution in [0.4, 0.5) is 17.2 Å². The van der Waals surface area contributed by atoms with Gasteiger partial charge in [-0.1, -0.05) is 29.8 Å². The fraction of sp³-hybridized carbons (Fsp3) is 0.100. The standard InChI is InChI=1S/C20H17ClN4O3/c1-2-28-20(27)15-8-3-4-9-16(15)25-19(26)17-11-18(23-12-22-17)24-14-7-5-6-13(21)10-14/h3-12H,2H2,1H3,(H,25,26)(H,22,23,24). The van der Waals surface area contributed by atoms with E-state index in [-0.39, 0.29) is 17.9 Å². The first-order valence-corrected chi connectivity index (χ1v) is 8.86. The van der Waals surface area contributed by atoms with E-state index in [1.54, 1.807) is 49.4 Å². The highest BCUT2D eigenvalue weighted by Crippen LogP contribution is 2.20. The number of carbonyl (C=O) groups is 2. The highest BCUT2D eigenvalue weighted by atomic mass is 35.5. The van der Waals surface area contributed by atoms with Crippen molar-refractivity contribution in [3.63, 3.8) is 0 Å². The van der Waals surface area contributed by atoms with Crippen molar-refractivity contribution >= 4 is 40.7 Å². The van der Waals surface area contributed by atoms with Crippen molar-refractivity contribution in [3.8, 4) is 0 Å². The van der Waals surface area contributed by atoms with Crippen LogP contribution in [0, 0.1) is 0 Å². The van der Waals surface area contributed by atoms with Crippen LogP contribution in [-0.4, -0.2) is 28.5 Å². The average molecular weight is 397 g/mol. The number of esters is 1. The molecular formula is C20H17ClN4O3. The molecule has 7 nitrogen and oxygen atoms in total. The molecule has 8 heteroatoms. The minimum atomic E-state index is -0.510. The van der Waals surface area contributed by atoms with Crippen molar-refractivity contribution in [2.75, 3.05) is 17.2 Å². The SMILES string of the molecule is CCOC(=O)c1ccccc1NC(=O)c1cc(Nc2cccc(Cl)c2)ncn1. The predicted octanol–water partition coefficient (Wildman–Crippen LogP) is 4.30. The van der Waals surface area contributed by atoms with E-state index in [1.807, 2.05) is 6.07 Å². The van der Waals surface area contributed by atoms with Crippen LogP contribution in [0.2, 0.25) is 5.02 Å². The predicted molar refractivity (Wildman–Crippen MR) is 107 cm³/mol. The van der Waals surface area contributed by atoms with Crippen molar-refractivity contribution in [1.82, 2.24) is 9.97 Å². The van der Waals surface area contributed by atoms with E-state index in [4.69, 9.17) is 16.3 Å². The monoisotopic (exact) mass is 396 g/mol. The first-order valence-electron chi connectivity index (χ1n) is 8.49. The maximum atomic E-state index is 12.6. The lowest BCUT2D eigenvalue weighted by molar-refractivity contribution is 0.0527. The number of rotatable bonds is 6. The van der Waals surface area contributed by atoms with Crippen molar-refractivity contribution in [1.29, 1.82) is 0 Å². The summed E-state index contributed by atoms with van der Waals surface area (Å²) >= 11 is 5.97. The quantitative estimate of drug-likeness (QED) is 0.603. The summed E-state index contributed by atoms with van der Waals surface area (Å²) in [5.74, 6) is -0.557. The van der Waals surface area contributed by atoms with E-state index in [2.05, 4.69) is 20.6 Å². The number of hydrogen-bond acceptors (Lipinski definition) is 6. The molecule has 0 atom stereocenters. The maximum Gasteiger partial charge on any atom is 0.340 e. The van der Waals surface area contributed by atoms with Gasteiger partial charge in [-0.2, -0.15) is 0 Å². The third-order valence-corrected chi connectivity index (χ3v) is 3.90. The zero-order chi connectivity index (χ0) is 19.9. The van der Waals surface area contributed by atoms with Gasteiger partial charge in [0.2, 0.25) is 0 Å². The summed E-state index contributed by atoms with van der Waals surface area (Å²) in [6.45, 7) is 1.96. The molecule has 0 unspecified atom stereocenters. The van der Waals surface area contributed by atoms with Crippen LogP contribution in [0.1, 0.15) is 27.8 Å². The smallest absolute Gasteiger partial charge is 0.340 e. The molecule has 1 aromatic heterocycles. The fourth-order valence-electron chi connectivity index (χ4n) is 2.43. The van der Waals surface area contributed by atoms with Gasteiger partial charge < -0.3 is 15.4 Å². The van der Waals surface area contributed by atoms with E-state index in [9.17, 15) is 9.59 Å². The molecule has 1 amide bonds. The zero-order valence-electron chi connectivity index (χ0n) is 15.0. The number of nitrogens with one attached hydrogen (secondary N) is 2. The molecule has 0 saturated carbocycles. The van der Waals surface area contributed by atoms with Gasteiger partial charge in [0.05, 0.1) is 17.9 Å². The number of para-hydroxylation sites is 1. The molecule has 3 aromatic rings. The van der Waals surface area contributed by atoms with Gasteiger partial charge in [0, 0.05) is 16.8 Å². The van der Waals surface area contributed by atoms with Crippen LogP contribution in [-0.2, 0) is 4.74 Å². The number of aromatic nitrogens is 2. The van der Waals surface area contributed by atoms with Gasteiger partial charge in [-0.15, -0.1) is 0 Å². The van der Waals surface area contributed by atoms with Crippen molar-refractivity contribution in [2.24, 2.45) is 0 Å². The highest BCUT2D eigenvalue weighted by molar-refractivity contribution is 6.30. The van der Waals surface area contributed by atoms with E-state index >= 15 is 0 Å². The largest absolute Gasteiger partial charge is 0.462 e. The van der Waals surface area contributed by atoms with Gasteiger partial charge in [0.1, 0.15) is 17.8 Å². The molecule has 28 heavy (non-hydrogen) atoms. The summed E-state index contributed by atoms with van der Waals surface area (Å²) in [6.07, 6.45) is 1.28.